The molecule has 0 aliphatic heterocycles. The van der Waals surface area contributed by atoms with Crippen LogP contribution in [-0.4, -0.2) is 33.0 Å². The van der Waals surface area contributed by atoms with Crippen LogP contribution in [-0.2, 0) is 6.18 Å². The topological polar surface area (TPSA) is 64.0 Å². The molecule has 0 atom stereocenters. The van der Waals surface area contributed by atoms with Gasteiger partial charge in [0.15, 0.2) is 0 Å². The molecule has 1 aliphatic rings. The first-order chi connectivity index (χ1) is 16.9. The number of halogens is 3. The van der Waals surface area contributed by atoms with E-state index in [1.807, 2.05) is 36.2 Å². The van der Waals surface area contributed by atoms with Gasteiger partial charge in [0.1, 0.15) is 23.6 Å². The fraction of sp³-hybridized carbons (Fsp3) is 0.308. The zero-order valence-electron chi connectivity index (χ0n) is 19.2. The van der Waals surface area contributed by atoms with Crippen LogP contribution in [0.5, 0.6) is 11.6 Å². The Balaban J connectivity index is 1.50. The number of alkyl halides is 3. The van der Waals surface area contributed by atoms with E-state index in [1.54, 1.807) is 18.3 Å². The third kappa shape index (κ3) is 5.03. The predicted molar refractivity (Wildman–Crippen MR) is 127 cm³/mol. The van der Waals surface area contributed by atoms with E-state index >= 15 is 0 Å². The highest BCUT2D eigenvalue weighted by atomic mass is 19.4. The molecule has 1 saturated carbocycles. The molecule has 0 amide bonds. The molecule has 5 rings (SSSR count). The molecule has 3 heterocycles. The lowest BCUT2D eigenvalue weighted by atomic mass is 9.94. The highest BCUT2D eigenvalue weighted by Gasteiger charge is 2.34. The monoisotopic (exact) mass is 479 g/mol. The van der Waals surface area contributed by atoms with Crippen LogP contribution in [0.3, 0.4) is 0 Å². The summed E-state index contributed by atoms with van der Waals surface area (Å²) in [6, 6.07) is 13.5. The molecule has 4 aromatic rings. The van der Waals surface area contributed by atoms with E-state index in [-0.39, 0.29) is 17.7 Å². The first kappa shape index (κ1) is 23.0. The van der Waals surface area contributed by atoms with Gasteiger partial charge in [-0.05, 0) is 43.2 Å². The molecule has 35 heavy (non-hydrogen) atoms. The summed E-state index contributed by atoms with van der Waals surface area (Å²) in [6.45, 7) is 0. The zero-order chi connectivity index (χ0) is 24.4. The Labute approximate surface area is 200 Å². The van der Waals surface area contributed by atoms with Gasteiger partial charge in [-0.3, -0.25) is 4.98 Å². The smallest absolute Gasteiger partial charge is 0.433 e. The van der Waals surface area contributed by atoms with Gasteiger partial charge in [0, 0.05) is 42.4 Å². The van der Waals surface area contributed by atoms with Gasteiger partial charge >= 0.3 is 6.18 Å². The highest BCUT2D eigenvalue weighted by Crippen LogP contribution is 2.37. The summed E-state index contributed by atoms with van der Waals surface area (Å²) in [5.41, 5.74) is 0.794. The Kier molecular flexibility index (Phi) is 6.23. The lowest BCUT2D eigenvalue weighted by Gasteiger charge is -2.33. The number of fused-ring (bicyclic) bond motifs is 1. The largest absolute Gasteiger partial charge is 0.439 e. The van der Waals surface area contributed by atoms with Crippen molar-refractivity contribution in [1.82, 2.24) is 19.9 Å². The van der Waals surface area contributed by atoms with Crippen molar-refractivity contribution in [3.8, 4) is 22.9 Å². The van der Waals surface area contributed by atoms with Crippen molar-refractivity contribution in [2.75, 3.05) is 11.9 Å². The van der Waals surface area contributed by atoms with Gasteiger partial charge in [-0.1, -0.05) is 25.3 Å². The number of rotatable bonds is 5. The molecule has 0 bridgehead atoms. The summed E-state index contributed by atoms with van der Waals surface area (Å²) in [6.07, 6.45) is 3.59. The van der Waals surface area contributed by atoms with E-state index in [0.717, 1.165) is 49.1 Å². The lowest BCUT2D eigenvalue weighted by Crippen LogP contribution is -2.34. The molecule has 0 radical (unpaired) electrons. The van der Waals surface area contributed by atoms with E-state index in [2.05, 4.69) is 19.9 Å². The average molecular weight is 480 g/mol. The lowest BCUT2D eigenvalue weighted by molar-refractivity contribution is -0.141. The van der Waals surface area contributed by atoms with E-state index in [9.17, 15) is 13.2 Å². The van der Waals surface area contributed by atoms with Crippen LogP contribution in [0, 0.1) is 0 Å². The number of hydrogen-bond donors (Lipinski definition) is 0. The highest BCUT2D eigenvalue weighted by molar-refractivity contribution is 5.80. The maximum atomic E-state index is 13.5. The number of anilines is 1. The second kappa shape index (κ2) is 9.48. The quantitative estimate of drug-likeness (QED) is 0.319. The number of nitrogens with zero attached hydrogens (tertiary/aromatic N) is 5. The van der Waals surface area contributed by atoms with Gasteiger partial charge in [-0.25, -0.2) is 15.0 Å². The number of hydrogen-bond acceptors (Lipinski definition) is 6. The van der Waals surface area contributed by atoms with Crippen molar-refractivity contribution in [3.63, 3.8) is 0 Å². The third-order valence-electron chi connectivity index (χ3n) is 6.34. The van der Waals surface area contributed by atoms with Crippen molar-refractivity contribution in [3.05, 3.63) is 66.7 Å². The average Bonchev–Trinajstić information content (AvgIpc) is 2.88. The van der Waals surface area contributed by atoms with Gasteiger partial charge in [0.25, 0.3) is 0 Å². The maximum Gasteiger partial charge on any atom is 0.433 e. The Morgan fingerprint density at radius 2 is 1.77 bits per heavy atom. The Bertz CT molecular complexity index is 1340. The summed E-state index contributed by atoms with van der Waals surface area (Å²) in [7, 11) is 1.81. The molecule has 3 aromatic heterocycles. The minimum absolute atomic E-state index is 0.126. The number of ether oxygens (including phenoxy) is 1. The van der Waals surface area contributed by atoms with Gasteiger partial charge in [0.05, 0.1) is 11.2 Å². The van der Waals surface area contributed by atoms with Crippen molar-refractivity contribution < 1.29 is 17.9 Å². The van der Waals surface area contributed by atoms with Crippen molar-refractivity contribution in [1.29, 1.82) is 0 Å². The Hall–Kier alpha value is -3.75. The maximum absolute atomic E-state index is 13.5. The van der Waals surface area contributed by atoms with E-state index in [4.69, 9.17) is 4.74 Å². The van der Waals surface area contributed by atoms with Crippen molar-refractivity contribution in [2.45, 2.75) is 44.3 Å². The van der Waals surface area contributed by atoms with Crippen LogP contribution in [0.25, 0.3) is 22.2 Å². The third-order valence-corrected chi connectivity index (χ3v) is 6.34. The molecule has 6 nitrogen and oxygen atoms in total. The minimum Gasteiger partial charge on any atom is -0.439 e. The second-order valence-corrected chi connectivity index (χ2v) is 8.67. The van der Waals surface area contributed by atoms with Crippen LogP contribution >= 0.6 is 0 Å². The van der Waals surface area contributed by atoms with Crippen LogP contribution < -0.4 is 9.64 Å². The molecule has 1 aliphatic carbocycles. The van der Waals surface area contributed by atoms with E-state index < -0.39 is 11.9 Å². The molecule has 0 spiro atoms. The fourth-order valence-electron chi connectivity index (χ4n) is 4.49. The van der Waals surface area contributed by atoms with Crippen LogP contribution in [0.4, 0.5) is 19.0 Å². The minimum atomic E-state index is -4.54. The summed E-state index contributed by atoms with van der Waals surface area (Å²) in [5, 5.41) is 0.981. The molecule has 180 valence electrons. The van der Waals surface area contributed by atoms with Gasteiger partial charge in [0.2, 0.25) is 5.88 Å². The van der Waals surface area contributed by atoms with Crippen LogP contribution in [0.15, 0.2) is 61.1 Å². The molecular formula is C26H24F3N5O. The summed E-state index contributed by atoms with van der Waals surface area (Å²) in [4.78, 5) is 18.8. The van der Waals surface area contributed by atoms with Crippen LogP contribution in [0.1, 0.15) is 37.8 Å². The molecule has 1 aromatic carbocycles. The fourth-order valence-corrected chi connectivity index (χ4v) is 4.49. The number of pyridine rings is 2. The second-order valence-electron chi connectivity index (χ2n) is 8.67. The van der Waals surface area contributed by atoms with E-state index in [0.29, 0.717) is 17.0 Å². The van der Waals surface area contributed by atoms with Crippen molar-refractivity contribution >= 4 is 16.7 Å². The van der Waals surface area contributed by atoms with Crippen LogP contribution in [0.2, 0.25) is 0 Å². The Morgan fingerprint density at radius 1 is 0.943 bits per heavy atom. The Morgan fingerprint density at radius 3 is 2.57 bits per heavy atom. The van der Waals surface area contributed by atoms with Gasteiger partial charge in [-0.15, -0.1) is 0 Å². The number of aromatic nitrogens is 4. The summed E-state index contributed by atoms with van der Waals surface area (Å²) in [5.74, 6) is 1.08. The zero-order valence-corrected chi connectivity index (χ0v) is 19.2. The molecule has 1 fully saturated rings. The van der Waals surface area contributed by atoms with Gasteiger partial charge in [-0.2, -0.15) is 13.2 Å². The SMILES string of the molecule is CN(c1nc(C(F)(F)F)ccc1-c1cc(Oc2ccc3cccnc3c2)ncn1)C1CCCCC1. The predicted octanol–water partition coefficient (Wildman–Crippen LogP) is 6.67. The van der Waals surface area contributed by atoms with Gasteiger partial charge < -0.3 is 9.64 Å². The first-order valence-electron chi connectivity index (χ1n) is 11.5. The number of benzene rings is 1. The molecule has 0 N–H and O–H groups in total. The molecular weight excluding hydrogens is 455 g/mol. The summed E-state index contributed by atoms with van der Waals surface area (Å²) >= 11 is 0. The van der Waals surface area contributed by atoms with E-state index in [1.165, 1.54) is 12.4 Å². The van der Waals surface area contributed by atoms with Crippen molar-refractivity contribution in [2.24, 2.45) is 0 Å². The summed E-state index contributed by atoms with van der Waals surface area (Å²) < 4.78 is 46.4. The first-order valence-corrected chi connectivity index (χ1v) is 11.5. The standard InChI is InChI=1S/C26H24F3N5O/c1-34(18-7-3-2-4-8-18)25-20(11-12-23(33-25)26(27,28)29)22-15-24(32-16-31-22)35-19-10-9-17-6-5-13-30-21(17)14-19/h5-6,9-16,18H,2-4,7-8H2,1H3. The molecule has 0 saturated heterocycles. The molecule has 0 unspecified atom stereocenters. The molecule has 9 heteroatoms. The normalized spacial score (nSPS) is 14.7.